The number of halogens is 2. The minimum absolute atomic E-state index is 0.532. The van der Waals surface area contributed by atoms with Crippen LogP contribution in [-0.2, 0) is 13.0 Å². The molecule has 0 bridgehead atoms. The van der Waals surface area contributed by atoms with Crippen LogP contribution < -0.4 is 10.6 Å². The lowest BCUT2D eigenvalue weighted by Crippen LogP contribution is -2.20. The Balaban J connectivity index is 1.71. The van der Waals surface area contributed by atoms with Crippen molar-refractivity contribution in [2.75, 3.05) is 10.6 Å². The van der Waals surface area contributed by atoms with Crippen LogP contribution in [0.4, 0.5) is 11.4 Å². The first-order valence-corrected chi connectivity index (χ1v) is 10.2. The van der Waals surface area contributed by atoms with Crippen LogP contribution in [0.25, 0.3) is 0 Å². The maximum absolute atomic E-state index is 6.12. The Labute approximate surface area is 180 Å². The maximum Gasteiger partial charge on any atom is 0.175 e. The molecule has 0 atom stereocenters. The fraction of sp³-hybridized carbons (Fsp3) is 0.238. The van der Waals surface area contributed by atoms with Gasteiger partial charge in [0, 0.05) is 5.69 Å². The monoisotopic (exact) mass is 432 g/mol. The van der Waals surface area contributed by atoms with Crippen LogP contribution in [0, 0.1) is 13.8 Å². The molecule has 0 aliphatic rings. The number of thiocarbonyl (C=S) groups is 1. The quantitative estimate of drug-likeness (QED) is 0.469. The zero-order valence-corrected chi connectivity index (χ0v) is 18.3. The third kappa shape index (κ3) is 4.85. The SMILES string of the molecule is CCc1ccc(NC(=S)Nc2c(C)nn(Cc3ccc(Cl)c(Cl)c3)c2C)cc1. The lowest BCUT2D eigenvalue weighted by molar-refractivity contribution is 0.659. The number of hydrogen-bond donors (Lipinski definition) is 2. The van der Waals surface area contributed by atoms with E-state index in [9.17, 15) is 0 Å². The van der Waals surface area contributed by atoms with Crippen molar-refractivity contribution in [2.45, 2.75) is 33.7 Å². The Morgan fingerprint density at radius 2 is 1.68 bits per heavy atom. The molecule has 1 aromatic heterocycles. The van der Waals surface area contributed by atoms with E-state index < -0.39 is 0 Å². The number of aromatic nitrogens is 2. The highest BCUT2D eigenvalue weighted by molar-refractivity contribution is 7.80. The molecule has 0 unspecified atom stereocenters. The minimum atomic E-state index is 0.532. The molecule has 0 aliphatic carbocycles. The molecule has 28 heavy (non-hydrogen) atoms. The van der Waals surface area contributed by atoms with Crippen LogP contribution in [0.1, 0.15) is 29.4 Å². The van der Waals surface area contributed by atoms with Crippen molar-refractivity contribution in [1.82, 2.24) is 9.78 Å². The second kappa shape index (κ2) is 8.95. The molecule has 0 amide bonds. The van der Waals surface area contributed by atoms with Crippen molar-refractivity contribution in [3.05, 3.63) is 75.0 Å². The fourth-order valence-electron chi connectivity index (χ4n) is 2.94. The first-order valence-electron chi connectivity index (χ1n) is 9.02. The zero-order chi connectivity index (χ0) is 20.3. The summed E-state index contributed by atoms with van der Waals surface area (Å²) in [5, 5.41) is 12.7. The Bertz CT molecular complexity index is 996. The topological polar surface area (TPSA) is 41.9 Å². The third-order valence-corrected chi connectivity index (χ3v) is 5.50. The van der Waals surface area contributed by atoms with E-state index in [0.717, 1.165) is 34.7 Å². The Morgan fingerprint density at radius 3 is 2.32 bits per heavy atom. The van der Waals surface area contributed by atoms with E-state index in [1.54, 1.807) is 6.07 Å². The van der Waals surface area contributed by atoms with E-state index in [-0.39, 0.29) is 0 Å². The highest BCUT2D eigenvalue weighted by atomic mass is 35.5. The molecule has 1 heterocycles. The van der Waals surface area contributed by atoms with E-state index >= 15 is 0 Å². The number of anilines is 2. The molecule has 4 nitrogen and oxygen atoms in total. The number of aryl methyl sites for hydroxylation is 2. The normalized spacial score (nSPS) is 10.8. The van der Waals surface area contributed by atoms with Gasteiger partial charge in [-0.25, -0.2) is 0 Å². The van der Waals surface area contributed by atoms with Crippen LogP contribution in [0.5, 0.6) is 0 Å². The molecule has 146 valence electrons. The molecule has 7 heteroatoms. The van der Waals surface area contributed by atoms with E-state index in [0.29, 0.717) is 21.7 Å². The first kappa shape index (κ1) is 20.6. The number of nitrogens with one attached hydrogen (secondary N) is 2. The largest absolute Gasteiger partial charge is 0.332 e. The second-order valence-electron chi connectivity index (χ2n) is 6.58. The van der Waals surface area contributed by atoms with Gasteiger partial charge in [-0.05, 0) is 67.9 Å². The molecular weight excluding hydrogens is 411 g/mol. The molecule has 0 aliphatic heterocycles. The van der Waals surface area contributed by atoms with Crippen LogP contribution in [0.3, 0.4) is 0 Å². The molecule has 0 fully saturated rings. The van der Waals surface area contributed by atoms with E-state index in [1.807, 2.05) is 42.8 Å². The standard InChI is InChI=1S/C21H22Cl2N4S/c1-4-15-5-8-17(9-6-15)24-21(28)25-20-13(2)26-27(14(20)3)12-16-7-10-18(22)19(23)11-16/h5-11H,4,12H2,1-3H3,(H2,24,25,28). The van der Waals surface area contributed by atoms with Gasteiger partial charge in [0.2, 0.25) is 0 Å². The van der Waals surface area contributed by atoms with Gasteiger partial charge in [0.25, 0.3) is 0 Å². The number of benzene rings is 2. The van der Waals surface area contributed by atoms with E-state index in [1.165, 1.54) is 5.56 Å². The summed E-state index contributed by atoms with van der Waals surface area (Å²) in [6.07, 6.45) is 1.01. The lowest BCUT2D eigenvalue weighted by Gasteiger charge is -2.12. The van der Waals surface area contributed by atoms with E-state index in [4.69, 9.17) is 35.4 Å². The van der Waals surface area contributed by atoms with Gasteiger partial charge in [-0.15, -0.1) is 0 Å². The summed E-state index contributed by atoms with van der Waals surface area (Å²) in [5.41, 5.74) is 6.05. The molecule has 2 aromatic carbocycles. The summed E-state index contributed by atoms with van der Waals surface area (Å²) in [4.78, 5) is 0. The zero-order valence-electron chi connectivity index (χ0n) is 16.0. The number of rotatable bonds is 5. The summed E-state index contributed by atoms with van der Waals surface area (Å²) in [6.45, 7) is 6.71. The first-order chi connectivity index (χ1) is 13.4. The van der Waals surface area contributed by atoms with Gasteiger partial charge in [-0.2, -0.15) is 5.10 Å². The van der Waals surface area contributed by atoms with Crippen molar-refractivity contribution in [1.29, 1.82) is 0 Å². The molecule has 0 spiro atoms. The minimum Gasteiger partial charge on any atom is -0.332 e. The number of hydrogen-bond acceptors (Lipinski definition) is 2. The van der Waals surface area contributed by atoms with Crippen molar-refractivity contribution in [2.24, 2.45) is 0 Å². The average Bonchev–Trinajstić information content (AvgIpc) is 2.92. The van der Waals surface area contributed by atoms with Crippen molar-refractivity contribution in [3.8, 4) is 0 Å². The van der Waals surface area contributed by atoms with Gasteiger partial charge in [0.05, 0.1) is 33.7 Å². The molecule has 3 rings (SSSR count). The second-order valence-corrected chi connectivity index (χ2v) is 7.80. The predicted molar refractivity (Wildman–Crippen MR) is 123 cm³/mol. The van der Waals surface area contributed by atoms with E-state index in [2.05, 4.69) is 34.8 Å². The molecule has 2 N–H and O–H groups in total. The Hall–Kier alpha value is -2.08. The summed E-state index contributed by atoms with van der Waals surface area (Å²) >= 11 is 17.6. The summed E-state index contributed by atoms with van der Waals surface area (Å²) in [5.74, 6) is 0. The van der Waals surface area contributed by atoms with Crippen LogP contribution >= 0.6 is 35.4 Å². The van der Waals surface area contributed by atoms with Crippen LogP contribution in [0.2, 0.25) is 10.0 Å². The maximum atomic E-state index is 6.12. The lowest BCUT2D eigenvalue weighted by atomic mass is 10.1. The number of nitrogens with zero attached hydrogens (tertiary/aromatic N) is 2. The fourth-order valence-corrected chi connectivity index (χ4v) is 3.48. The van der Waals surface area contributed by atoms with Crippen LogP contribution in [0.15, 0.2) is 42.5 Å². The highest BCUT2D eigenvalue weighted by Gasteiger charge is 2.13. The molecule has 3 aromatic rings. The molecule has 0 radical (unpaired) electrons. The Kier molecular flexibility index (Phi) is 6.60. The van der Waals surface area contributed by atoms with Gasteiger partial charge in [0.15, 0.2) is 5.11 Å². The van der Waals surface area contributed by atoms with Crippen molar-refractivity contribution >= 4 is 51.9 Å². The summed E-state index contributed by atoms with van der Waals surface area (Å²) < 4.78 is 1.93. The predicted octanol–water partition coefficient (Wildman–Crippen LogP) is 6.23. The van der Waals surface area contributed by atoms with Gasteiger partial charge in [0.1, 0.15) is 0 Å². The molecule has 0 saturated heterocycles. The van der Waals surface area contributed by atoms with Gasteiger partial charge in [-0.3, -0.25) is 4.68 Å². The molecular formula is C21H22Cl2N4S. The average molecular weight is 433 g/mol. The van der Waals surface area contributed by atoms with Crippen LogP contribution in [-0.4, -0.2) is 14.9 Å². The van der Waals surface area contributed by atoms with Gasteiger partial charge >= 0.3 is 0 Å². The summed E-state index contributed by atoms with van der Waals surface area (Å²) in [6, 6.07) is 13.9. The third-order valence-electron chi connectivity index (χ3n) is 4.56. The smallest absolute Gasteiger partial charge is 0.175 e. The molecule has 0 saturated carbocycles. The van der Waals surface area contributed by atoms with Crippen molar-refractivity contribution in [3.63, 3.8) is 0 Å². The van der Waals surface area contributed by atoms with Gasteiger partial charge < -0.3 is 10.6 Å². The van der Waals surface area contributed by atoms with Gasteiger partial charge in [-0.1, -0.05) is 48.3 Å². The summed E-state index contributed by atoms with van der Waals surface area (Å²) in [7, 11) is 0. The Morgan fingerprint density at radius 1 is 1.00 bits per heavy atom. The highest BCUT2D eigenvalue weighted by Crippen LogP contribution is 2.25. The van der Waals surface area contributed by atoms with Crippen molar-refractivity contribution < 1.29 is 0 Å².